The Morgan fingerprint density at radius 3 is 2.68 bits per heavy atom. The summed E-state index contributed by atoms with van der Waals surface area (Å²) in [5.74, 6) is -0.421. The summed E-state index contributed by atoms with van der Waals surface area (Å²) in [6, 6.07) is 9.16. The van der Waals surface area contributed by atoms with Crippen molar-refractivity contribution in [1.82, 2.24) is 9.97 Å². The first-order valence-electron chi connectivity index (χ1n) is 7.07. The molecular weight excluding hydrogens is 348 g/mol. The zero-order valence-corrected chi connectivity index (χ0v) is 13.3. The molecule has 0 bridgehead atoms. The van der Waals surface area contributed by atoms with E-state index in [4.69, 9.17) is 11.6 Å². The van der Waals surface area contributed by atoms with Gasteiger partial charge in [-0.3, -0.25) is 14.9 Å². The van der Waals surface area contributed by atoms with E-state index in [1.54, 1.807) is 24.3 Å². The molecule has 1 heterocycles. The van der Waals surface area contributed by atoms with Crippen molar-refractivity contribution < 1.29 is 9.72 Å². The van der Waals surface area contributed by atoms with Crippen molar-refractivity contribution in [3.05, 3.63) is 73.7 Å². The van der Waals surface area contributed by atoms with E-state index in [0.29, 0.717) is 22.3 Å². The second kappa shape index (κ2) is 6.62. The number of benzene rings is 2. The highest BCUT2D eigenvalue weighted by Gasteiger charge is 2.11. The summed E-state index contributed by atoms with van der Waals surface area (Å²) in [6.07, 6.45) is 2.69. The number of nitro benzene ring substituents is 1. The molecule has 0 aliphatic carbocycles. The van der Waals surface area contributed by atoms with Crippen molar-refractivity contribution in [1.29, 1.82) is 0 Å². The van der Waals surface area contributed by atoms with Gasteiger partial charge in [0.1, 0.15) is 5.02 Å². The summed E-state index contributed by atoms with van der Waals surface area (Å²) in [5, 5.41) is 13.5. The third-order valence-corrected chi connectivity index (χ3v) is 3.70. The van der Waals surface area contributed by atoms with Gasteiger partial charge in [0, 0.05) is 17.8 Å². The van der Waals surface area contributed by atoms with E-state index < -0.39 is 10.8 Å². The summed E-state index contributed by atoms with van der Waals surface area (Å²) in [4.78, 5) is 38.6. The number of carbonyl (C=O) groups is 1. The third kappa shape index (κ3) is 3.75. The van der Waals surface area contributed by atoms with Crippen LogP contribution in [0.5, 0.6) is 0 Å². The number of hydrogen-bond donors (Lipinski definition) is 3. The Morgan fingerprint density at radius 1 is 1.16 bits per heavy atom. The van der Waals surface area contributed by atoms with Crippen molar-refractivity contribution in [2.24, 2.45) is 0 Å². The fourth-order valence-corrected chi connectivity index (χ4v) is 2.43. The van der Waals surface area contributed by atoms with Gasteiger partial charge in [-0.05, 0) is 35.9 Å². The van der Waals surface area contributed by atoms with E-state index in [1.807, 2.05) is 0 Å². The summed E-state index contributed by atoms with van der Waals surface area (Å²) >= 11 is 5.74. The van der Waals surface area contributed by atoms with Gasteiger partial charge >= 0.3 is 5.69 Å². The lowest BCUT2D eigenvalue weighted by Crippen LogP contribution is -2.07. The second-order valence-electron chi connectivity index (χ2n) is 5.13. The van der Waals surface area contributed by atoms with Crippen molar-refractivity contribution in [3.8, 4) is 0 Å². The van der Waals surface area contributed by atoms with Gasteiger partial charge in [0.2, 0.25) is 5.91 Å². The smallest absolute Gasteiger partial charge is 0.322 e. The van der Waals surface area contributed by atoms with Gasteiger partial charge in [-0.1, -0.05) is 17.7 Å². The Morgan fingerprint density at radius 2 is 1.92 bits per heavy atom. The highest BCUT2D eigenvalue weighted by molar-refractivity contribution is 6.32. The second-order valence-corrected chi connectivity index (χ2v) is 5.54. The molecule has 0 saturated heterocycles. The number of nitrogens with one attached hydrogen (secondary N) is 3. The van der Waals surface area contributed by atoms with Crippen molar-refractivity contribution in [2.45, 2.75) is 0 Å². The Bertz CT molecular complexity index is 1070. The van der Waals surface area contributed by atoms with Crippen LogP contribution in [-0.4, -0.2) is 20.8 Å². The lowest BCUT2D eigenvalue weighted by Gasteiger charge is -2.02. The van der Waals surface area contributed by atoms with E-state index in [2.05, 4.69) is 15.3 Å². The number of halogens is 1. The topological polar surface area (TPSA) is 121 Å². The summed E-state index contributed by atoms with van der Waals surface area (Å²) in [7, 11) is 0. The van der Waals surface area contributed by atoms with Gasteiger partial charge in [-0.25, -0.2) is 4.79 Å². The molecule has 8 nitrogen and oxygen atoms in total. The lowest BCUT2D eigenvalue weighted by molar-refractivity contribution is -0.384. The average Bonchev–Trinajstić information content (AvgIpc) is 2.93. The van der Waals surface area contributed by atoms with Gasteiger partial charge in [-0.2, -0.15) is 0 Å². The van der Waals surface area contributed by atoms with Crippen LogP contribution in [0.25, 0.3) is 17.1 Å². The van der Waals surface area contributed by atoms with E-state index in [-0.39, 0.29) is 16.4 Å². The van der Waals surface area contributed by atoms with E-state index in [1.165, 1.54) is 24.3 Å². The van der Waals surface area contributed by atoms with Crippen LogP contribution >= 0.6 is 11.6 Å². The molecule has 0 fully saturated rings. The quantitative estimate of drug-likeness (QED) is 0.377. The van der Waals surface area contributed by atoms with Crippen LogP contribution in [0, 0.1) is 10.1 Å². The Hall–Kier alpha value is -3.39. The number of hydrogen-bond acceptors (Lipinski definition) is 4. The van der Waals surface area contributed by atoms with Crippen molar-refractivity contribution in [2.75, 3.05) is 5.32 Å². The van der Waals surface area contributed by atoms with E-state index in [9.17, 15) is 19.7 Å². The molecule has 126 valence electrons. The van der Waals surface area contributed by atoms with E-state index in [0.717, 1.165) is 0 Å². The Labute approximate surface area is 145 Å². The number of fused-ring (bicyclic) bond motifs is 1. The van der Waals surface area contributed by atoms with Crippen molar-refractivity contribution in [3.63, 3.8) is 0 Å². The predicted octanol–water partition coefficient (Wildman–Crippen LogP) is 3.07. The molecule has 0 saturated carbocycles. The average molecular weight is 359 g/mol. The SMILES string of the molecule is O=C(/C=C/c1ccc(Cl)c([N+](=O)[O-])c1)Nc1ccc2[nH]c(=O)[nH]c2c1. The molecule has 9 heteroatoms. The number of H-pyrrole nitrogens is 2. The summed E-state index contributed by atoms with van der Waals surface area (Å²) < 4.78 is 0. The first kappa shape index (κ1) is 16.5. The molecule has 3 aromatic rings. The molecular formula is C16H11ClN4O4. The Balaban J connectivity index is 1.75. The zero-order valence-electron chi connectivity index (χ0n) is 12.6. The molecule has 3 rings (SSSR count). The molecule has 0 aliphatic heterocycles. The minimum atomic E-state index is -0.591. The highest BCUT2D eigenvalue weighted by atomic mass is 35.5. The maximum Gasteiger partial charge on any atom is 0.323 e. The number of aromatic amines is 2. The fourth-order valence-electron chi connectivity index (χ4n) is 2.24. The zero-order chi connectivity index (χ0) is 18.0. The maximum absolute atomic E-state index is 12.0. The van der Waals surface area contributed by atoms with Crippen LogP contribution in [0.1, 0.15) is 5.56 Å². The van der Waals surface area contributed by atoms with Gasteiger partial charge in [0.15, 0.2) is 0 Å². The number of imidazole rings is 1. The van der Waals surface area contributed by atoms with Gasteiger partial charge in [0.05, 0.1) is 16.0 Å². The largest absolute Gasteiger partial charge is 0.323 e. The number of amides is 1. The minimum absolute atomic E-state index is 0.0281. The van der Waals surface area contributed by atoms with Crippen LogP contribution < -0.4 is 11.0 Å². The third-order valence-electron chi connectivity index (χ3n) is 3.38. The normalized spacial score (nSPS) is 11.1. The van der Waals surface area contributed by atoms with Crippen LogP contribution in [-0.2, 0) is 4.79 Å². The lowest BCUT2D eigenvalue weighted by atomic mass is 10.2. The molecule has 2 aromatic carbocycles. The standard InChI is InChI=1S/C16H11ClN4O4/c17-11-4-1-9(7-14(11)21(24)25)2-6-15(22)18-10-3-5-12-13(8-10)20-16(23)19-12/h1-8H,(H,18,22)(H2,19,20,23)/b6-2+. The summed E-state index contributed by atoms with van der Waals surface area (Å²) in [6.45, 7) is 0. The number of carbonyl (C=O) groups excluding carboxylic acids is 1. The van der Waals surface area contributed by atoms with Gasteiger partial charge < -0.3 is 15.3 Å². The number of nitro groups is 1. The first-order chi connectivity index (χ1) is 11.9. The molecule has 1 aromatic heterocycles. The molecule has 0 atom stereocenters. The molecule has 0 radical (unpaired) electrons. The van der Waals surface area contributed by atoms with Crippen LogP contribution in [0.15, 0.2) is 47.3 Å². The molecule has 1 amide bonds. The minimum Gasteiger partial charge on any atom is -0.322 e. The number of aromatic nitrogens is 2. The number of anilines is 1. The molecule has 3 N–H and O–H groups in total. The molecule has 25 heavy (non-hydrogen) atoms. The van der Waals surface area contributed by atoms with Crippen LogP contribution in [0.3, 0.4) is 0 Å². The molecule has 0 unspecified atom stereocenters. The maximum atomic E-state index is 12.0. The first-order valence-corrected chi connectivity index (χ1v) is 7.45. The van der Waals surface area contributed by atoms with E-state index >= 15 is 0 Å². The highest BCUT2D eigenvalue weighted by Crippen LogP contribution is 2.25. The monoisotopic (exact) mass is 358 g/mol. The predicted molar refractivity (Wildman–Crippen MR) is 94.7 cm³/mol. The van der Waals surface area contributed by atoms with Gasteiger partial charge in [-0.15, -0.1) is 0 Å². The number of nitrogens with zero attached hydrogens (tertiary/aromatic N) is 1. The number of rotatable bonds is 4. The Kier molecular flexibility index (Phi) is 4.36. The summed E-state index contributed by atoms with van der Waals surface area (Å²) in [5.41, 5.74) is 1.61. The van der Waals surface area contributed by atoms with Gasteiger partial charge in [0.25, 0.3) is 5.69 Å². The fraction of sp³-hybridized carbons (Fsp3) is 0. The van der Waals surface area contributed by atoms with Crippen LogP contribution in [0.2, 0.25) is 5.02 Å². The van der Waals surface area contributed by atoms with Crippen LogP contribution in [0.4, 0.5) is 11.4 Å². The molecule has 0 aliphatic rings. The van der Waals surface area contributed by atoms with Crippen molar-refractivity contribution >= 4 is 46.0 Å². The molecule has 0 spiro atoms.